The molecule has 1 N–H and O–H groups in total. The van der Waals surface area contributed by atoms with E-state index in [0.717, 1.165) is 25.7 Å². The fraction of sp³-hybridized carbons (Fsp3) is 0.857. The molecule has 0 saturated carbocycles. The van der Waals surface area contributed by atoms with Crippen molar-refractivity contribution in [3.05, 3.63) is 0 Å². The highest BCUT2D eigenvalue weighted by Gasteiger charge is 2.46. The van der Waals surface area contributed by atoms with Crippen molar-refractivity contribution in [2.75, 3.05) is 39.9 Å². The molecule has 0 unspecified atom stereocenters. The molecule has 3 rings (SSSR count). The number of hydrogen-bond donors (Lipinski definition) is 1. The van der Waals surface area contributed by atoms with Gasteiger partial charge >= 0.3 is 12.1 Å². The maximum Gasteiger partial charge on any atom is 0.410 e. The Morgan fingerprint density at radius 3 is 2.57 bits per heavy atom. The zero-order chi connectivity index (χ0) is 14.9. The molecule has 118 valence electrons. The third-order valence-electron chi connectivity index (χ3n) is 4.97. The van der Waals surface area contributed by atoms with E-state index in [-0.39, 0.29) is 23.8 Å². The molecule has 0 radical (unpaired) electrons. The zero-order valence-electron chi connectivity index (χ0n) is 12.5. The molecule has 1 spiro atoms. The van der Waals surface area contributed by atoms with Crippen LogP contribution in [-0.4, -0.2) is 73.5 Å². The molecule has 7 heteroatoms. The average Bonchev–Trinajstić information content (AvgIpc) is 2.78. The van der Waals surface area contributed by atoms with Gasteiger partial charge < -0.3 is 24.6 Å². The number of urea groups is 1. The number of piperidine rings is 1. The number of hydrogen-bond acceptors (Lipinski definition) is 4. The molecule has 21 heavy (non-hydrogen) atoms. The highest BCUT2D eigenvalue weighted by molar-refractivity contribution is 5.77. The van der Waals surface area contributed by atoms with Crippen LogP contribution in [0, 0.1) is 0 Å². The van der Waals surface area contributed by atoms with Gasteiger partial charge in [-0.25, -0.2) is 9.59 Å². The monoisotopic (exact) mass is 297 g/mol. The number of likely N-dealkylation sites (N-methyl/N-ethyl adjacent to an activating group) is 1. The molecule has 3 amide bonds. The minimum absolute atomic E-state index is 0.0143. The van der Waals surface area contributed by atoms with Crippen LogP contribution in [0.1, 0.15) is 25.7 Å². The molecule has 0 aromatic rings. The van der Waals surface area contributed by atoms with Crippen LogP contribution in [0.25, 0.3) is 0 Å². The van der Waals surface area contributed by atoms with Gasteiger partial charge in [0, 0.05) is 39.5 Å². The summed E-state index contributed by atoms with van der Waals surface area (Å²) in [5.41, 5.74) is -0.132. The Hall–Kier alpha value is -1.50. The highest BCUT2D eigenvalue weighted by Crippen LogP contribution is 2.31. The summed E-state index contributed by atoms with van der Waals surface area (Å²) in [6.07, 6.45) is 2.92. The molecule has 0 aliphatic carbocycles. The molecular formula is C14H23N3O4. The largest absolute Gasteiger partial charge is 0.446 e. The van der Waals surface area contributed by atoms with E-state index in [2.05, 4.69) is 5.32 Å². The second-order valence-corrected chi connectivity index (χ2v) is 6.12. The van der Waals surface area contributed by atoms with Gasteiger partial charge in [0.05, 0.1) is 18.8 Å². The second kappa shape index (κ2) is 5.71. The average molecular weight is 297 g/mol. The maximum absolute atomic E-state index is 12.2. The van der Waals surface area contributed by atoms with Crippen LogP contribution in [-0.2, 0) is 9.47 Å². The SMILES string of the molecule is CN1C(=O)NCC12CCN(C(=O)OC1CCOCC1)CC2. The van der Waals surface area contributed by atoms with Gasteiger partial charge in [0.1, 0.15) is 6.10 Å². The van der Waals surface area contributed by atoms with Crippen molar-refractivity contribution in [3.8, 4) is 0 Å². The summed E-state index contributed by atoms with van der Waals surface area (Å²) in [6.45, 7) is 3.28. The lowest BCUT2D eigenvalue weighted by atomic mass is 9.87. The number of rotatable bonds is 1. The first-order valence-corrected chi connectivity index (χ1v) is 7.66. The second-order valence-electron chi connectivity index (χ2n) is 6.12. The molecule has 3 aliphatic heterocycles. The first-order chi connectivity index (χ1) is 10.1. The normalized spacial score (nSPS) is 26.0. The first-order valence-electron chi connectivity index (χ1n) is 7.66. The molecule has 7 nitrogen and oxygen atoms in total. The molecule has 0 atom stereocenters. The summed E-state index contributed by atoms with van der Waals surface area (Å²) in [7, 11) is 1.83. The molecule has 0 aromatic heterocycles. The molecule has 3 heterocycles. The molecule has 0 bridgehead atoms. The summed E-state index contributed by atoms with van der Waals surface area (Å²) in [6, 6.07) is -0.0202. The third kappa shape index (κ3) is 2.79. The van der Waals surface area contributed by atoms with Gasteiger partial charge in [-0.05, 0) is 12.8 Å². The Balaban J connectivity index is 1.51. The summed E-state index contributed by atoms with van der Waals surface area (Å²) < 4.78 is 10.8. The minimum Gasteiger partial charge on any atom is -0.446 e. The number of nitrogens with zero attached hydrogens (tertiary/aromatic N) is 2. The molecule has 3 saturated heterocycles. The van der Waals surface area contributed by atoms with Crippen molar-refractivity contribution in [1.82, 2.24) is 15.1 Å². The van der Waals surface area contributed by atoms with Gasteiger partial charge in [-0.2, -0.15) is 0 Å². The van der Waals surface area contributed by atoms with Crippen LogP contribution in [0.5, 0.6) is 0 Å². The van der Waals surface area contributed by atoms with E-state index in [1.54, 1.807) is 9.80 Å². The predicted molar refractivity (Wildman–Crippen MR) is 75.0 cm³/mol. The maximum atomic E-state index is 12.2. The quantitative estimate of drug-likeness (QED) is 0.777. The van der Waals surface area contributed by atoms with Gasteiger partial charge in [0.15, 0.2) is 0 Å². The van der Waals surface area contributed by atoms with Crippen molar-refractivity contribution < 1.29 is 19.1 Å². The standard InChI is InChI=1S/C14H23N3O4/c1-16-12(18)15-10-14(16)4-6-17(7-5-14)13(19)21-11-2-8-20-9-3-11/h11H,2-10H2,1H3,(H,15,18). The fourth-order valence-electron chi connectivity index (χ4n) is 3.32. The van der Waals surface area contributed by atoms with E-state index in [4.69, 9.17) is 9.47 Å². The molecule has 0 aromatic carbocycles. The Morgan fingerprint density at radius 2 is 2.00 bits per heavy atom. The van der Waals surface area contributed by atoms with Crippen molar-refractivity contribution in [3.63, 3.8) is 0 Å². The summed E-state index contributed by atoms with van der Waals surface area (Å²) in [5.74, 6) is 0. The lowest BCUT2D eigenvalue weighted by Gasteiger charge is -2.42. The van der Waals surface area contributed by atoms with Crippen LogP contribution in [0.2, 0.25) is 0 Å². The Kier molecular flexibility index (Phi) is 3.93. The van der Waals surface area contributed by atoms with E-state index in [0.29, 0.717) is 32.8 Å². The van der Waals surface area contributed by atoms with Gasteiger partial charge in [-0.1, -0.05) is 0 Å². The minimum atomic E-state index is -0.225. The molecule has 3 aliphatic rings. The van der Waals surface area contributed by atoms with Crippen molar-refractivity contribution in [2.45, 2.75) is 37.3 Å². The van der Waals surface area contributed by atoms with Gasteiger partial charge in [-0.3, -0.25) is 0 Å². The van der Waals surface area contributed by atoms with Gasteiger partial charge in [0.2, 0.25) is 0 Å². The number of amides is 3. The molecular weight excluding hydrogens is 274 g/mol. The van der Waals surface area contributed by atoms with Crippen LogP contribution in [0.4, 0.5) is 9.59 Å². The topological polar surface area (TPSA) is 71.1 Å². The van der Waals surface area contributed by atoms with E-state index in [1.807, 2.05) is 7.05 Å². The van der Waals surface area contributed by atoms with Crippen molar-refractivity contribution in [1.29, 1.82) is 0 Å². The third-order valence-corrected chi connectivity index (χ3v) is 4.97. The van der Waals surface area contributed by atoms with Crippen molar-refractivity contribution >= 4 is 12.1 Å². The predicted octanol–water partition coefficient (Wildman–Crippen LogP) is 0.792. The number of carbonyl (C=O) groups excluding carboxylic acids is 2. The lowest BCUT2D eigenvalue weighted by molar-refractivity contribution is -0.0159. The van der Waals surface area contributed by atoms with E-state index < -0.39 is 0 Å². The first kappa shape index (κ1) is 14.4. The van der Waals surface area contributed by atoms with Crippen LogP contribution in [0.3, 0.4) is 0 Å². The van der Waals surface area contributed by atoms with Crippen LogP contribution in [0.15, 0.2) is 0 Å². The van der Waals surface area contributed by atoms with Gasteiger partial charge in [-0.15, -0.1) is 0 Å². The number of ether oxygens (including phenoxy) is 2. The van der Waals surface area contributed by atoms with Crippen molar-refractivity contribution in [2.24, 2.45) is 0 Å². The fourth-order valence-corrected chi connectivity index (χ4v) is 3.32. The van der Waals surface area contributed by atoms with E-state index in [9.17, 15) is 9.59 Å². The smallest absolute Gasteiger partial charge is 0.410 e. The van der Waals surface area contributed by atoms with Crippen LogP contribution >= 0.6 is 0 Å². The van der Waals surface area contributed by atoms with E-state index >= 15 is 0 Å². The van der Waals surface area contributed by atoms with Crippen LogP contribution < -0.4 is 5.32 Å². The Labute approximate surface area is 124 Å². The van der Waals surface area contributed by atoms with Gasteiger partial charge in [0.25, 0.3) is 0 Å². The number of nitrogens with one attached hydrogen (secondary N) is 1. The Bertz CT molecular complexity index is 414. The summed E-state index contributed by atoms with van der Waals surface area (Å²) >= 11 is 0. The number of likely N-dealkylation sites (tertiary alicyclic amines) is 1. The Morgan fingerprint density at radius 1 is 1.33 bits per heavy atom. The molecule has 3 fully saturated rings. The van der Waals surface area contributed by atoms with E-state index in [1.165, 1.54) is 0 Å². The highest BCUT2D eigenvalue weighted by atomic mass is 16.6. The summed E-state index contributed by atoms with van der Waals surface area (Å²) in [4.78, 5) is 27.4. The zero-order valence-corrected chi connectivity index (χ0v) is 12.5. The number of carbonyl (C=O) groups is 2. The summed E-state index contributed by atoms with van der Waals surface area (Å²) in [5, 5.41) is 2.88. The lowest BCUT2D eigenvalue weighted by Crippen LogP contribution is -2.54.